The SMILES string of the molecule is Cc1ccc(N(c2ccc(C)c3ccccc23)c2ccc(-c3c4ccccc4c(-c4cc(-c5ccccc5)cc(-c5ccccc5)c4)c4ccccc34)c3ccccc23)c2ccccc12. The van der Waals surface area contributed by atoms with Gasteiger partial charge in [0.2, 0.25) is 0 Å². The molecule has 0 radical (unpaired) electrons. The smallest absolute Gasteiger partial charge is 0.0540 e. The Bertz CT molecular complexity index is 3590. The van der Waals surface area contributed by atoms with Gasteiger partial charge in [0.05, 0.1) is 17.1 Å². The summed E-state index contributed by atoms with van der Waals surface area (Å²) in [4.78, 5) is 2.51. The van der Waals surface area contributed by atoms with E-state index < -0.39 is 0 Å². The van der Waals surface area contributed by atoms with Crippen LogP contribution in [0.25, 0.3) is 98.4 Å². The second kappa shape index (κ2) is 15.8. The molecule has 0 aliphatic heterocycles. The summed E-state index contributed by atoms with van der Waals surface area (Å²) < 4.78 is 0. The molecule has 12 rings (SSSR count). The average molecular weight is 828 g/mol. The minimum absolute atomic E-state index is 1.14. The molecule has 0 spiro atoms. The van der Waals surface area contributed by atoms with Gasteiger partial charge in [0.1, 0.15) is 0 Å². The lowest BCUT2D eigenvalue weighted by Crippen LogP contribution is -2.12. The van der Waals surface area contributed by atoms with Gasteiger partial charge in [-0.3, -0.25) is 0 Å². The summed E-state index contributed by atoms with van der Waals surface area (Å²) in [5, 5.41) is 12.3. The van der Waals surface area contributed by atoms with E-state index in [4.69, 9.17) is 0 Å². The Labute approximate surface area is 380 Å². The van der Waals surface area contributed by atoms with Gasteiger partial charge >= 0.3 is 0 Å². The number of anilines is 3. The lowest BCUT2D eigenvalue weighted by Gasteiger charge is -2.30. The molecule has 0 aliphatic carbocycles. The van der Waals surface area contributed by atoms with Crippen molar-refractivity contribution in [3.8, 4) is 44.5 Å². The number of aryl methyl sites for hydroxylation is 2. The number of benzene rings is 12. The van der Waals surface area contributed by atoms with Crippen LogP contribution >= 0.6 is 0 Å². The van der Waals surface area contributed by atoms with E-state index in [1.54, 1.807) is 0 Å². The molecule has 0 unspecified atom stereocenters. The van der Waals surface area contributed by atoms with Crippen LogP contribution in [0.2, 0.25) is 0 Å². The Hall–Kier alpha value is -8.26. The van der Waals surface area contributed by atoms with Crippen LogP contribution < -0.4 is 4.90 Å². The maximum absolute atomic E-state index is 2.51. The maximum atomic E-state index is 2.51. The van der Waals surface area contributed by atoms with Crippen molar-refractivity contribution in [2.75, 3.05) is 4.90 Å². The highest BCUT2D eigenvalue weighted by molar-refractivity contribution is 6.25. The zero-order chi connectivity index (χ0) is 43.4. The number of hydrogen-bond donors (Lipinski definition) is 0. The summed E-state index contributed by atoms with van der Waals surface area (Å²) in [6.07, 6.45) is 0. The second-order valence-corrected chi connectivity index (χ2v) is 17.3. The first-order valence-corrected chi connectivity index (χ1v) is 22.6. The summed E-state index contributed by atoms with van der Waals surface area (Å²) in [6.45, 7) is 4.42. The molecule has 0 heterocycles. The van der Waals surface area contributed by atoms with Crippen LogP contribution in [0.5, 0.6) is 0 Å². The minimum atomic E-state index is 1.14. The molecule has 0 N–H and O–H groups in total. The van der Waals surface area contributed by atoms with Crippen LogP contribution in [-0.4, -0.2) is 0 Å². The third-order valence-electron chi connectivity index (χ3n) is 13.5. The van der Waals surface area contributed by atoms with Gasteiger partial charge in [0, 0.05) is 16.2 Å². The van der Waals surface area contributed by atoms with Gasteiger partial charge in [-0.1, -0.05) is 200 Å². The van der Waals surface area contributed by atoms with Crippen molar-refractivity contribution in [1.29, 1.82) is 0 Å². The normalized spacial score (nSPS) is 11.5. The number of fused-ring (bicyclic) bond motifs is 5. The van der Waals surface area contributed by atoms with Crippen molar-refractivity contribution in [2.24, 2.45) is 0 Å². The van der Waals surface area contributed by atoms with E-state index in [-0.39, 0.29) is 0 Å². The fourth-order valence-electron chi connectivity index (χ4n) is 10.4. The van der Waals surface area contributed by atoms with E-state index in [2.05, 4.69) is 255 Å². The highest BCUT2D eigenvalue weighted by atomic mass is 15.1. The highest BCUT2D eigenvalue weighted by Crippen LogP contribution is 2.50. The third-order valence-corrected chi connectivity index (χ3v) is 13.5. The lowest BCUT2D eigenvalue weighted by molar-refractivity contribution is 1.32. The fraction of sp³-hybridized carbons (Fsp3) is 0.0312. The summed E-state index contributed by atoms with van der Waals surface area (Å²) in [5.41, 5.74) is 15.7. The van der Waals surface area contributed by atoms with Crippen LogP contribution in [0.1, 0.15) is 11.1 Å². The van der Waals surface area contributed by atoms with Gasteiger partial charge < -0.3 is 4.90 Å². The maximum Gasteiger partial charge on any atom is 0.0540 e. The van der Waals surface area contributed by atoms with Gasteiger partial charge in [-0.15, -0.1) is 0 Å². The number of rotatable bonds is 7. The molecule has 12 aromatic rings. The number of hydrogen-bond acceptors (Lipinski definition) is 1. The predicted octanol–water partition coefficient (Wildman–Crippen LogP) is 18.2. The highest BCUT2D eigenvalue weighted by Gasteiger charge is 2.24. The average Bonchev–Trinajstić information content (AvgIpc) is 3.37. The molecule has 0 bridgehead atoms. The van der Waals surface area contributed by atoms with Gasteiger partial charge in [0.15, 0.2) is 0 Å². The van der Waals surface area contributed by atoms with Crippen LogP contribution in [0.3, 0.4) is 0 Å². The quantitative estimate of drug-likeness (QED) is 0.145. The van der Waals surface area contributed by atoms with Gasteiger partial charge in [-0.25, -0.2) is 0 Å². The Kier molecular flexibility index (Phi) is 9.35. The van der Waals surface area contributed by atoms with E-state index >= 15 is 0 Å². The zero-order valence-electron chi connectivity index (χ0n) is 36.5. The zero-order valence-corrected chi connectivity index (χ0v) is 36.5. The topological polar surface area (TPSA) is 3.24 Å². The van der Waals surface area contributed by atoms with Crippen molar-refractivity contribution in [3.63, 3.8) is 0 Å². The summed E-state index contributed by atoms with van der Waals surface area (Å²) in [5.74, 6) is 0. The molecular formula is C64H45N. The van der Waals surface area contributed by atoms with E-state index in [1.165, 1.54) is 109 Å². The van der Waals surface area contributed by atoms with E-state index in [0.717, 1.165) is 17.1 Å². The Morgan fingerprint density at radius 1 is 0.231 bits per heavy atom. The molecule has 1 nitrogen and oxygen atoms in total. The van der Waals surface area contributed by atoms with Crippen molar-refractivity contribution < 1.29 is 0 Å². The van der Waals surface area contributed by atoms with Crippen LogP contribution in [0, 0.1) is 13.8 Å². The van der Waals surface area contributed by atoms with E-state index in [0.29, 0.717) is 0 Å². The minimum Gasteiger partial charge on any atom is -0.309 e. The fourth-order valence-corrected chi connectivity index (χ4v) is 10.4. The van der Waals surface area contributed by atoms with E-state index in [9.17, 15) is 0 Å². The molecule has 0 amide bonds. The van der Waals surface area contributed by atoms with Crippen molar-refractivity contribution in [1.82, 2.24) is 0 Å². The predicted molar refractivity (Wildman–Crippen MR) is 280 cm³/mol. The van der Waals surface area contributed by atoms with Crippen LogP contribution in [0.15, 0.2) is 237 Å². The Balaban J connectivity index is 1.13. The summed E-state index contributed by atoms with van der Waals surface area (Å²) in [7, 11) is 0. The molecule has 1 heteroatoms. The summed E-state index contributed by atoms with van der Waals surface area (Å²) >= 11 is 0. The van der Waals surface area contributed by atoms with Gasteiger partial charge in [-0.2, -0.15) is 0 Å². The largest absolute Gasteiger partial charge is 0.309 e. The summed E-state index contributed by atoms with van der Waals surface area (Å²) in [6, 6.07) is 87.4. The van der Waals surface area contributed by atoms with Crippen molar-refractivity contribution in [2.45, 2.75) is 13.8 Å². The first-order chi connectivity index (χ1) is 32.1. The molecule has 0 aliphatic rings. The molecule has 65 heavy (non-hydrogen) atoms. The molecule has 12 aromatic carbocycles. The molecule has 0 atom stereocenters. The molecule has 0 fully saturated rings. The molecule has 0 saturated carbocycles. The molecule has 0 aromatic heterocycles. The van der Waals surface area contributed by atoms with Crippen LogP contribution in [-0.2, 0) is 0 Å². The van der Waals surface area contributed by atoms with E-state index in [1.807, 2.05) is 0 Å². The molecule has 0 saturated heterocycles. The molecular weight excluding hydrogens is 783 g/mol. The monoisotopic (exact) mass is 827 g/mol. The molecule has 306 valence electrons. The van der Waals surface area contributed by atoms with Crippen molar-refractivity contribution in [3.05, 3.63) is 248 Å². The van der Waals surface area contributed by atoms with Crippen LogP contribution in [0.4, 0.5) is 17.1 Å². The van der Waals surface area contributed by atoms with Gasteiger partial charge in [-0.05, 0) is 144 Å². The lowest BCUT2D eigenvalue weighted by atomic mass is 9.83. The Morgan fingerprint density at radius 2 is 0.554 bits per heavy atom. The second-order valence-electron chi connectivity index (χ2n) is 17.3. The van der Waals surface area contributed by atoms with Gasteiger partial charge in [0.25, 0.3) is 0 Å². The number of nitrogens with zero attached hydrogens (tertiary/aromatic N) is 1. The first kappa shape index (κ1) is 38.4. The Morgan fingerprint density at radius 3 is 1.00 bits per heavy atom. The third kappa shape index (κ3) is 6.47. The van der Waals surface area contributed by atoms with Crippen molar-refractivity contribution >= 4 is 70.9 Å². The standard InChI is InChI=1S/C64H45N/c1-42-33-36-60(52-26-12-9-23-49(42)52)65(61-37-34-43(2)50-24-10-13-27-53(50)61)62-38-35-59(51-25-11-14-28-54(51)62)64-57-31-17-15-29-55(57)63(56-30-16-18-32-58(56)64)48-40-46(44-19-5-3-6-20-44)39-47(41-48)45-21-7-4-8-22-45/h3-41H,1-2H3. The first-order valence-electron chi connectivity index (χ1n) is 22.6.